The van der Waals surface area contributed by atoms with E-state index < -0.39 is 28.6 Å². The van der Waals surface area contributed by atoms with E-state index in [9.17, 15) is 19.7 Å². The number of ether oxygens (including phenoxy) is 2. The number of esters is 1. The third-order valence-corrected chi connectivity index (χ3v) is 3.55. The van der Waals surface area contributed by atoms with Gasteiger partial charge in [-0.05, 0) is 33.8 Å². The second-order valence-corrected chi connectivity index (χ2v) is 6.80. The van der Waals surface area contributed by atoms with Gasteiger partial charge in [0.15, 0.2) is 0 Å². The Hall–Kier alpha value is -2.16. The first kappa shape index (κ1) is 18.9. The molecule has 9 heteroatoms. The molecular formula is C14H20N2O6S. The number of nitrogens with zero attached hydrogens (tertiary/aromatic N) is 1. The molecule has 1 heterocycles. The molecule has 0 saturated carbocycles. The van der Waals surface area contributed by atoms with E-state index in [0.717, 1.165) is 11.3 Å². The van der Waals surface area contributed by atoms with Crippen LogP contribution in [0, 0.1) is 10.1 Å². The molecule has 1 aromatic rings. The smallest absolute Gasteiger partial charge is 0.408 e. The van der Waals surface area contributed by atoms with E-state index >= 15 is 0 Å². The van der Waals surface area contributed by atoms with Crippen LogP contribution in [0.2, 0.25) is 0 Å². The van der Waals surface area contributed by atoms with E-state index in [1.807, 2.05) is 0 Å². The van der Waals surface area contributed by atoms with Crippen molar-refractivity contribution in [2.75, 3.05) is 6.61 Å². The fraction of sp³-hybridized carbons (Fsp3) is 0.571. The van der Waals surface area contributed by atoms with Crippen molar-refractivity contribution in [3.05, 3.63) is 27.1 Å². The summed E-state index contributed by atoms with van der Waals surface area (Å²) in [7, 11) is 0. The highest BCUT2D eigenvalue weighted by atomic mass is 32.1. The molecule has 0 aromatic carbocycles. The minimum absolute atomic E-state index is 0.0279. The SMILES string of the molecule is CCOC(=O)[C@H](Cc1ccc([N+](=O)[O-])s1)NC(=O)OC(C)(C)C. The van der Waals surface area contributed by atoms with Crippen molar-refractivity contribution in [2.45, 2.75) is 45.8 Å². The van der Waals surface area contributed by atoms with E-state index in [2.05, 4.69) is 5.32 Å². The zero-order valence-corrected chi connectivity index (χ0v) is 14.3. The van der Waals surface area contributed by atoms with Gasteiger partial charge < -0.3 is 14.8 Å². The highest BCUT2D eigenvalue weighted by Crippen LogP contribution is 2.25. The van der Waals surface area contributed by atoms with Crippen molar-refractivity contribution in [1.29, 1.82) is 0 Å². The molecular weight excluding hydrogens is 324 g/mol. The minimum atomic E-state index is -0.969. The first-order chi connectivity index (χ1) is 10.6. The van der Waals surface area contributed by atoms with Crippen LogP contribution in [0.4, 0.5) is 9.80 Å². The number of alkyl carbamates (subject to hydrolysis) is 1. The van der Waals surface area contributed by atoms with Gasteiger partial charge in [-0.25, -0.2) is 9.59 Å². The Morgan fingerprint density at radius 2 is 2.04 bits per heavy atom. The fourth-order valence-corrected chi connectivity index (χ4v) is 2.53. The molecule has 23 heavy (non-hydrogen) atoms. The number of amides is 1. The lowest BCUT2D eigenvalue weighted by atomic mass is 10.2. The molecule has 0 radical (unpaired) electrons. The normalized spacial score (nSPS) is 12.3. The number of carbonyl (C=O) groups excluding carboxylic acids is 2. The molecule has 1 atom stereocenters. The number of hydrogen-bond acceptors (Lipinski definition) is 7. The third kappa shape index (κ3) is 6.64. The Morgan fingerprint density at radius 1 is 1.39 bits per heavy atom. The summed E-state index contributed by atoms with van der Waals surface area (Å²) in [4.78, 5) is 34.6. The van der Waals surface area contributed by atoms with E-state index in [4.69, 9.17) is 9.47 Å². The summed E-state index contributed by atoms with van der Waals surface area (Å²) in [6.07, 6.45) is -0.655. The number of rotatable bonds is 6. The topological polar surface area (TPSA) is 108 Å². The molecule has 0 aliphatic heterocycles. The Bertz CT molecular complexity index is 578. The molecule has 8 nitrogen and oxygen atoms in total. The van der Waals surface area contributed by atoms with Crippen LogP contribution in [-0.2, 0) is 20.7 Å². The van der Waals surface area contributed by atoms with Gasteiger partial charge in [-0.1, -0.05) is 11.3 Å². The number of carbonyl (C=O) groups is 2. The van der Waals surface area contributed by atoms with Gasteiger partial charge >= 0.3 is 17.1 Å². The summed E-state index contributed by atoms with van der Waals surface area (Å²) < 4.78 is 10.0. The van der Waals surface area contributed by atoms with E-state index in [1.54, 1.807) is 33.8 Å². The van der Waals surface area contributed by atoms with Gasteiger partial charge in [0.05, 0.1) is 11.5 Å². The van der Waals surface area contributed by atoms with Gasteiger partial charge in [0.25, 0.3) is 0 Å². The predicted molar refractivity (Wildman–Crippen MR) is 84.5 cm³/mol. The maximum atomic E-state index is 12.0. The van der Waals surface area contributed by atoms with Gasteiger partial charge in [0.2, 0.25) is 0 Å². The average molecular weight is 344 g/mol. The second-order valence-electron chi connectivity index (χ2n) is 5.65. The highest BCUT2D eigenvalue weighted by Gasteiger charge is 2.26. The number of nitro groups is 1. The Morgan fingerprint density at radius 3 is 2.52 bits per heavy atom. The molecule has 0 spiro atoms. The van der Waals surface area contributed by atoms with Crippen LogP contribution in [0.15, 0.2) is 12.1 Å². The van der Waals surface area contributed by atoms with Gasteiger partial charge in [-0.3, -0.25) is 10.1 Å². The molecule has 1 amide bonds. The van der Waals surface area contributed by atoms with Crippen LogP contribution in [0.1, 0.15) is 32.6 Å². The zero-order valence-electron chi connectivity index (χ0n) is 13.5. The number of nitrogens with one attached hydrogen (secondary N) is 1. The molecule has 1 aromatic heterocycles. The molecule has 0 saturated heterocycles. The van der Waals surface area contributed by atoms with Crippen molar-refractivity contribution in [3.8, 4) is 0 Å². The molecule has 0 aliphatic rings. The first-order valence-electron chi connectivity index (χ1n) is 7.01. The summed E-state index contributed by atoms with van der Waals surface area (Å²) in [6, 6.07) is 1.93. The molecule has 0 aliphatic carbocycles. The van der Waals surface area contributed by atoms with Crippen molar-refractivity contribution in [2.24, 2.45) is 0 Å². The highest BCUT2D eigenvalue weighted by molar-refractivity contribution is 7.15. The van der Waals surface area contributed by atoms with Crippen LogP contribution in [0.3, 0.4) is 0 Å². The van der Waals surface area contributed by atoms with Crippen LogP contribution < -0.4 is 5.32 Å². The average Bonchev–Trinajstić information content (AvgIpc) is 2.84. The lowest BCUT2D eigenvalue weighted by molar-refractivity contribution is -0.380. The van der Waals surface area contributed by atoms with Gasteiger partial charge in [0.1, 0.15) is 11.6 Å². The van der Waals surface area contributed by atoms with Crippen molar-refractivity contribution in [1.82, 2.24) is 5.32 Å². The summed E-state index contributed by atoms with van der Waals surface area (Å²) in [5.41, 5.74) is -0.703. The van der Waals surface area contributed by atoms with Gasteiger partial charge in [-0.15, -0.1) is 0 Å². The van der Waals surface area contributed by atoms with Crippen LogP contribution >= 0.6 is 11.3 Å². The second kappa shape index (κ2) is 7.91. The minimum Gasteiger partial charge on any atom is -0.464 e. The quantitative estimate of drug-likeness (QED) is 0.483. The summed E-state index contributed by atoms with van der Waals surface area (Å²) in [6.45, 7) is 6.92. The lowest BCUT2D eigenvalue weighted by Crippen LogP contribution is -2.45. The molecule has 1 N–H and O–H groups in total. The Balaban J connectivity index is 2.81. The van der Waals surface area contributed by atoms with Crippen LogP contribution in [0.25, 0.3) is 0 Å². The summed E-state index contributed by atoms with van der Waals surface area (Å²) >= 11 is 0.946. The molecule has 0 fully saturated rings. The molecule has 128 valence electrons. The molecule has 0 unspecified atom stereocenters. The van der Waals surface area contributed by atoms with Crippen molar-refractivity contribution < 1.29 is 24.0 Å². The van der Waals surface area contributed by atoms with E-state index in [0.29, 0.717) is 4.88 Å². The number of thiophene rings is 1. The molecule has 1 rings (SSSR count). The largest absolute Gasteiger partial charge is 0.464 e. The van der Waals surface area contributed by atoms with Gasteiger partial charge in [0, 0.05) is 17.4 Å². The maximum absolute atomic E-state index is 12.0. The molecule has 0 bridgehead atoms. The summed E-state index contributed by atoms with van der Waals surface area (Å²) in [5.74, 6) is -0.616. The standard InChI is InChI=1S/C14H20N2O6S/c1-5-21-12(17)10(15-13(18)22-14(2,3)4)8-9-6-7-11(23-9)16(19)20/h6-7,10H,5,8H2,1-4H3,(H,15,18)/t10-/m0/s1. The van der Waals surface area contributed by atoms with Crippen molar-refractivity contribution >= 4 is 28.4 Å². The van der Waals surface area contributed by atoms with Crippen molar-refractivity contribution in [3.63, 3.8) is 0 Å². The van der Waals surface area contributed by atoms with Gasteiger partial charge in [-0.2, -0.15) is 0 Å². The van der Waals surface area contributed by atoms with Crippen LogP contribution in [0.5, 0.6) is 0 Å². The number of hydrogen-bond donors (Lipinski definition) is 1. The first-order valence-corrected chi connectivity index (χ1v) is 7.83. The maximum Gasteiger partial charge on any atom is 0.408 e. The van der Waals surface area contributed by atoms with E-state index in [-0.39, 0.29) is 18.0 Å². The Kier molecular flexibility index (Phi) is 6.49. The summed E-state index contributed by atoms with van der Waals surface area (Å²) in [5, 5.41) is 13.1. The zero-order chi connectivity index (χ0) is 17.6. The lowest BCUT2D eigenvalue weighted by Gasteiger charge is -2.22. The fourth-order valence-electron chi connectivity index (χ4n) is 1.66. The monoisotopic (exact) mass is 344 g/mol. The predicted octanol–water partition coefficient (Wildman–Crippen LogP) is 2.66. The van der Waals surface area contributed by atoms with Crippen LogP contribution in [-0.4, -0.2) is 35.2 Å². The van der Waals surface area contributed by atoms with E-state index in [1.165, 1.54) is 6.07 Å². The third-order valence-electron chi connectivity index (χ3n) is 2.49. The Labute approximate surface area is 137 Å².